The van der Waals surface area contributed by atoms with Crippen molar-refractivity contribution < 1.29 is 28.5 Å². The maximum atomic E-state index is 13.4. The molecule has 2 saturated heterocycles. The van der Waals surface area contributed by atoms with Gasteiger partial charge in [-0.25, -0.2) is 0 Å². The first-order valence-corrected chi connectivity index (χ1v) is 13.0. The van der Waals surface area contributed by atoms with Crippen molar-refractivity contribution in [3.63, 3.8) is 0 Å². The molecule has 0 spiro atoms. The first kappa shape index (κ1) is 24.9. The molecule has 3 aliphatic heterocycles. The third-order valence-electron chi connectivity index (χ3n) is 6.84. The fraction of sp³-hybridized carbons (Fsp3) is 0.536. The lowest BCUT2D eigenvalue weighted by Gasteiger charge is -2.29. The second-order valence-corrected chi connectivity index (χ2v) is 9.82. The lowest BCUT2D eigenvalue weighted by Crippen LogP contribution is -2.48. The minimum Gasteiger partial charge on any atom is -0.479 e. The summed E-state index contributed by atoms with van der Waals surface area (Å²) < 4.78 is 29.0. The SMILES string of the molecule is Cc1cccc(OC(CN(Cc2ccc3c(c2)OCO3)CC2CCCO2)C(=O)NCC2CCCO2)c1. The monoisotopic (exact) mass is 496 g/mol. The summed E-state index contributed by atoms with van der Waals surface area (Å²) in [6.07, 6.45) is 3.63. The Balaban J connectivity index is 1.32. The number of hydrogen-bond donors (Lipinski definition) is 1. The van der Waals surface area contributed by atoms with Crippen LogP contribution in [0.5, 0.6) is 17.2 Å². The Morgan fingerprint density at radius 1 is 1.06 bits per heavy atom. The molecule has 3 heterocycles. The summed E-state index contributed by atoms with van der Waals surface area (Å²) in [7, 11) is 0. The van der Waals surface area contributed by atoms with E-state index in [1.54, 1.807) is 0 Å². The van der Waals surface area contributed by atoms with Crippen LogP contribution >= 0.6 is 0 Å². The van der Waals surface area contributed by atoms with Crippen LogP contribution in [-0.4, -0.2) is 68.8 Å². The first-order valence-electron chi connectivity index (χ1n) is 13.0. The number of carbonyl (C=O) groups is 1. The zero-order valence-electron chi connectivity index (χ0n) is 20.9. The molecule has 8 heteroatoms. The molecule has 3 aliphatic rings. The van der Waals surface area contributed by atoms with Gasteiger partial charge in [-0.3, -0.25) is 9.69 Å². The van der Waals surface area contributed by atoms with Crippen LogP contribution in [0.4, 0.5) is 0 Å². The van der Waals surface area contributed by atoms with Crippen LogP contribution in [-0.2, 0) is 20.8 Å². The van der Waals surface area contributed by atoms with Crippen molar-refractivity contribution in [3.8, 4) is 17.2 Å². The molecule has 2 aromatic carbocycles. The molecular formula is C28H36N2O6. The number of nitrogens with zero attached hydrogens (tertiary/aromatic N) is 1. The number of rotatable bonds is 11. The van der Waals surface area contributed by atoms with Crippen molar-refractivity contribution in [1.29, 1.82) is 0 Å². The second-order valence-electron chi connectivity index (χ2n) is 9.82. The van der Waals surface area contributed by atoms with Gasteiger partial charge in [-0.15, -0.1) is 0 Å². The quantitative estimate of drug-likeness (QED) is 0.511. The third kappa shape index (κ3) is 6.69. The van der Waals surface area contributed by atoms with E-state index >= 15 is 0 Å². The van der Waals surface area contributed by atoms with Gasteiger partial charge in [0.15, 0.2) is 17.6 Å². The smallest absolute Gasteiger partial charge is 0.262 e. The maximum absolute atomic E-state index is 13.4. The molecular weight excluding hydrogens is 460 g/mol. The highest BCUT2D eigenvalue weighted by atomic mass is 16.7. The molecule has 0 saturated carbocycles. The number of benzene rings is 2. The van der Waals surface area contributed by atoms with Gasteiger partial charge < -0.3 is 29.0 Å². The van der Waals surface area contributed by atoms with E-state index in [4.69, 9.17) is 23.7 Å². The topological polar surface area (TPSA) is 78.5 Å². The van der Waals surface area contributed by atoms with Crippen LogP contribution in [0.25, 0.3) is 0 Å². The molecule has 0 radical (unpaired) electrons. The fourth-order valence-corrected chi connectivity index (χ4v) is 4.97. The van der Waals surface area contributed by atoms with Gasteiger partial charge in [-0.05, 0) is 68.0 Å². The lowest BCUT2D eigenvalue weighted by atomic mass is 10.1. The Kier molecular flexibility index (Phi) is 8.25. The molecule has 8 nitrogen and oxygen atoms in total. The van der Waals surface area contributed by atoms with Gasteiger partial charge in [-0.1, -0.05) is 18.2 Å². The minimum atomic E-state index is -0.677. The van der Waals surface area contributed by atoms with E-state index in [1.807, 2.05) is 49.4 Å². The molecule has 5 rings (SSSR count). The van der Waals surface area contributed by atoms with Gasteiger partial charge in [-0.2, -0.15) is 0 Å². The number of carbonyl (C=O) groups excluding carboxylic acids is 1. The summed E-state index contributed by atoms with van der Waals surface area (Å²) in [6.45, 7) is 6.10. The summed E-state index contributed by atoms with van der Waals surface area (Å²) in [5.74, 6) is 2.08. The van der Waals surface area contributed by atoms with Gasteiger partial charge in [0.2, 0.25) is 6.79 Å². The van der Waals surface area contributed by atoms with Crippen LogP contribution in [0.3, 0.4) is 0 Å². The number of nitrogens with one attached hydrogen (secondary N) is 1. The van der Waals surface area contributed by atoms with Crippen molar-refractivity contribution >= 4 is 5.91 Å². The molecule has 3 atom stereocenters. The molecule has 0 aromatic heterocycles. The summed E-state index contributed by atoms with van der Waals surface area (Å²) >= 11 is 0. The predicted octanol–water partition coefficient (Wildman–Crippen LogP) is 3.45. The number of aryl methyl sites for hydroxylation is 1. The number of fused-ring (bicyclic) bond motifs is 1. The molecule has 0 bridgehead atoms. The minimum absolute atomic E-state index is 0.0743. The largest absolute Gasteiger partial charge is 0.479 e. The average molecular weight is 497 g/mol. The Labute approximate surface area is 212 Å². The molecule has 2 aromatic rings. The molecule has 1 N–H and O–H groups in total. The van der Waals surface area contributed by atoms with Crippen molar-refractivity contribution in [2.24, 2.45) is 0 Å². The highest BCUT2D eigenvalue weighted by molar-refractivity contribution is 5.81. The highest BCUT2D eigenvalue weighted by Crippen LogP contribution is 2.33. The maximum Gasteiger partial charge on any atom is 0.262 e. The Morgan fingerprint density at radius 2 is 1.86 bits per heavy atom. The molecule has 3 unspecified atom stereocenters. The van der Waals surface area contributed by atoms with E-state index < -0.39 is 6.10 Å². The Hall–Kier alpha value is -2.81. The van der Waals surface area contributed by atoms with E-state index in [0.717, 1.165) is 68.1 Å². The van der Waals surface area contributed by atoms with Gasteiger partial charge in [0.1, 0.15) is 5.75 Å². The summed E-state index contributed by atoms with van der Waals surface area (Å²) in [4.78, 5) is 15.6. The van der Waals surface area contributed by atoms with Gasteiger partial charge in [0, 0.05) is 39.4 Å². The molecule has 194 valence electrons. The van der Waals surface area contributed by atoms with E-state index in [0.29, 0.717) is 25.4 Å². The predicted molar refractivity (Wildman–Crippen MR) is 134 cm³/mol. The zero-order chi connectivity index (χ0) is 24.7. The average Bonchev–Trinajstić information content (AvgIpc) is 3.65. The van der Waals surface area contributed by atoms with Crippen molar-refractivity contribution in [1.82, 2.24) is 10.2 Å². The van der Waals surface area contributed by atoms with E-state index in [9.17, 15) is 4.79 Å². The van der Waals surface area contributed by atoms with Crippen LogP contribution in [0.15, 0.2) is 42.5 Å². The van der Waals surface area contributed by atoms with Crippen molar-refractivity contribution in [2.75, 3.05) is 39.6 Å². The Bertz CT molecular complexity index is 1020. The highest BCUT2D eigenvalue weighted by Gasteiger charge is 2.28. The van der Waals surface area contributed by atoms with Gasteiger partial charge in [0.05, 0.1) is 12.2 Å². The van der Waals surface area contributed by atoms with Crippen LogP contribution in [0.1, 0.15) is 36.8 Å². The van der Waals surface area contributed by atoms with E-state index in [1.165, 1.54) is 0 Å². The molecule has 36 heavy (non-hydrogen) atoms. The second kappa shape index (κ2) is 12.0. The summed E-state index contributed by atoms with van der Waals surface area (Å²) in [6, 6.07) is 13.8. The standard InChI is InChI=1S/C28H36N2O6/c1-20-5-2-6-22(13-20)36-27(28(31)29-15-23-7-3-11-32-23)18-30(17-24-8-4-12-33-24)16-21-9-10-25-26(14-21)35-19-34-25/h2,5-6,9-10,13-14,23-24,27H,3-4,7-8,11-12,15-19H2,1H3,(H,29,31). The van der Waals surface area contributed by atoms with E-state index in [2.05, 4.69) is 10.2 Å². The number of hydrogen-bond acceptors (Lipinski definition) is 7. The molecule has 0 aliphatic carbocycles. The molecule has 1 amide bonds. The normalized spacial score (nSPS) is 21.6. The van der Waals surface area contributed by atoms with Gasteiger partial charge in [0.25, 0.3) is 5.91 Å². The van der Waals surface area contributed by atoms with Crippen molar-refractivity contribution in [3.05, 3.63) is 53.6 Å². The van der Waals surface area contributed by atoms with Crippen LogP contribution < -0.4 is 19.5 Å². The summed E-state index contributed by atoms with van der Waals surface area (Å²) in [5, 5.41) is 3.07. The third-order valence-corrected chi connectivity index (χ3v) is 6.84. The first-order chi connectivity index (χ1) is 17.6. The van der Waals surface area contributed by atoms with Gasteiger partial charge >= 0.3 is 0 Å². The van der Waals surface area contributed by atoms with Crippen LogP contribution in [0.2, 0.25) is 0 Å². The number of amides is 1. The van der Waals surface area contributed by atoms with E-state index in [-0.39, 0.29) is 24.9 Å². The number of ether oxygens (including phenoxy) is 5. The molecule has 2 fully saturated rings. The zero-order valence-corrected chi connectivity index (χ0v) is 20.9. The lowest BCUT2D eigenvalue weighted by molar-refractivity contribution is -0.129. The fourth-order valence-electron chi connectivity index (χ4n) is 4.97. The summed E-state index contributed by atoms with van der Waals surface area (Å²) in [5.41, 5.74) is 2.17. The van der Waals surface area contributed by atoms with Crippen molar-refractivity contribution in [2.45, 2.75) is 57.5 Å². The van der Waals surface area contributed by atoms with Crippen LogP contribution in [0, 0.1) is 6.92 Å². The Morgan fingerprint density at radius 3 is 2.64 bits per heavy atom.